The molecule has 0 radical (unpaired) electrons. The second kappa shape index (κ2) is 7.55. The molecule has 112 valence electrons. The predicted octanol–water partition coefficient (Wildman–Crippen LogP) is 3.73. The molecule has 1 heterocycles. The third kappa shape index (κ3) is 4.39. The summed E-state index contributed by atoms with van der Waals surface area (Å²) in [6.07, 6.45) is 1.43. The van der Waals surface area contributed by atoms with Gasteiger partial charge in [-0.2, -0.15) is 0 Å². The van der Waals surface area contributed by atoms with Crippen molar-refractivity contribution in [1.29, 1.82) is 0 Å². The fraction of sp³-hybridized carbons (Fsp3) is 0.533. The van der Waals surface area contributed by atoms with E-state index in [0.29, 0.717) is 25.6 Å². The quantitative estimate of drug-likeness (QED) is 0.480. The minimum Gasteiger partial charge on any atom is -0.445 e. The van der Waals surface area contributed by atoms with Gasteiger partial charge in [0.2, 0.25) is 0 Å². The molecule has 1 aliphatic rings. The van der Waals surface area contributed by atoms with Gasteiger partial charge >= 0.3 is 6.09 Å². The Morgan fingerprint density at radius 2 is 2.10 bits per heavy atom. The summed E-state index contributed by atoms with van der Waals surface area (Å²) in [5, 5.41) is 3.74. The number of hydrogen-bond donors (Lipinski definition) is 0. The topological polar surface area (TPSA) is 78.3 Å². The Labute approximate surface area is 124 Å². The standard InChI is InChI=1S/C15H20N4O2/c1-12(17-18-16)14-7-9-19(10-8-14)15(20)21-11-13-5-3-2-4-6-13/h2-6,12,14H,7-11H2,1H3/t12-/m1/s1. The Morgan fingerprint density at radius 1 is 1.43 bits per heavy atom. The maximum Gasteiger partial charge on any atom is 0.410 e. The van der Waals surface area contributed by atoms with Gasteiger partial charge in [-0.15, -0.1) is 0 Å². The van der Waals surface area contributed by atoms with E-state index in [-0.39, 0.29) is 12.1 Å². The number of likely N-dealkylation sites (tertiary alicyclic amines) is 1. The lowest BCUT2D eigenvalue weighted by molar-refractivity contribution is 0.0804. The minimum absolute atomic E-state index is 0.0162. The Bertz CT molecular complexity index is 506. The SMILES string of the molecule is C[C@@H](N=[N+]=[N-])C1CCN(C(=O)OCc2ccccc2)CC1. The number of ether oxygens (including phenoxy) is 1. The van der Waals surface area contributed by atoms with Crippen LogP contribution in [0.15, 0.2) is 35.4 Å². The van der Waals surface area contributed by atoms with Crippen LogP contribution in [0.25, 0.3) is 10.4 Å². The van der Waals surface area contributed by atoms with Crippen LogP contribution in [0, 0.1) is 5.92 Å². The van der Waals surface area contributed by atoms with E-state index in [1.54, 1.807) is 4.90 Å². The molecule has 1 amide bonds. The summed E-state index contributed by atoms with van der Waals surface area (Å²) >= 11 is 0. The molecule has 21 heavy (non-hydrogen) atoms. The molecule has 1 aromatic carbocycles. The van der Waals surface area contributed by atoms with Gasteiger partial charge in [-0.05, 0) is 29.9 Å². The van der Waals surface area contributed by atoms with Crippen molar-refractivity contribution < 1.29 is 9.53 Å². The first-order chi connectivity index (χ1) is 10.2. The number of benzene rings is 1. The number of carbonyl (C=O) groups is 1. The van der Waals surface area contributed by atoms with E-state index in [4.69, 9.17) is 10.3 Å². The van der Waals surface area contributed by atoms with Crippen molar-refractivity contribution in [2.75, 3.05) is 13.1 Å². The molecule has 0 aromatic heterocycles. The van der Waals surface area contributed by atoms with Crippen LogP contribution in [0.1, 0.15) is 25.3 Å². The first-order valence-electron chi connectivity index (χ1n) is 7.20. The lowest BCUT2D eigenvalue weighted by atomic mass is 9.91. The molecule has 0 spiro atoms. The van der Waals surface area contributed by atoms with Crippen molar-refractivity contribution in [3.8, 4) is 0 Å². The normalized spacial score (nSPS) is 16.9. The summed E-state index contributed by atoms with van der Waals surface area (Å²) in [7, 11) is 0. The van der Waals surface area contributed by atoms with Crippen molar-refractivity contribution >= 4 is 6.09 Å². The third-order valence-corrected chi connectivity index (χ3v) is 3.92. The van der Waals surface area contributed by atoms with Gasteiger partial charge in [0.15, 0.2) is 0 Å². The van der Waals surface area contributed by atoms with Crippen molar-refractivity contribution in [3.05, 3.63) is 46.3 Å². The Kier molecular flexibility index (Phi) is 5.46. The smallest absolute Gasteiger partial charge is 0.410 e. The molecule has 2 rings (SSSR count). The van der Waals surface area contributed by atoms with Gasteiger partial charge < -0.3 is 9.64 Å². The number of hydrogen-bond acceptors (Lipinski definition) is 3. The molecular weight excluding hydrogens is 268 g/mol. The van der Waals surface area contributed by atoms with Gasteiger partial charge in [-0.25, -0.2) is 4.79 Å². The van der Waals surface area contributed by atoms with Gasteiger partial charge in [0.25, 0.3) is 0 Å². The monoisotopic (exact) mass is 288 g/mol. The summed E-state index contributed by atoms with van der Waals surface area (Å²) in [6, 6.07) is 9.62. The average Bonchev–Trinajstić information content (AvgIpc) is 2.54. The first kappa shape index (κ1) is 15.2. The fourth-order valence-electron chi connectivity index (χ4n) is 2.55. The third-order valence-electron chi connectivity index (χ3n) is 3.92. The van der Waals surface area contributed by atoms with Crippen LogP contribution in [0.4, 0.5) is 4.79 Å². The van der Waals surface area contributed by atoms with Gasteiger partial charge in [0.1, 0.15) is 6.61 Å². The highest BCUT2D eigenvalue weighted by atomic mass is 16.6. The lowest BCUT2D eigenvalue weighted by Gasteiger charge is -2.32. The van der Waals surface area contributed by atoms with Gasteiger partial charge in [0.05, 0.1) is 0 Å². The molecule has 6 nitrogen and oxygen atoms in total. The van der Waals surface area contributed by atoms with Crippen LogP contribution >= 0.6 is 0 Å². The van der Waals surface area contributed by atoms with Crippen LogP contribution in [0.2, 0.25) is 0 Å². The van der Waals surface area contributed by atoms with Crippen LogP contribution in [0.5, 0.6) is 0 Å². The molecule has 0 aliphatic carbocycles. The summed E-state index contributed by atoms with van der Waals surface area (Å²) < 4.78 is 5.32. The van der Waals surface area contributed by atoms with Gasteiger partial charge in [0, 0.05) is 24.0 Å². The number of rotatable bonds is 4. The maximum absolute atomic E-state index is 12.0. The summed E-state index contributed by atoms with van der Waals surface area (Å²) in [4.78, 5) is 16.6. The number of azide groups is 1. The summed E-state index contributed by atoms with van der Waals surface area (Å²) in [5.74, 6) is 0.346. The van der Waals surface area contributed by atoms with E-state index in [1.807, 2.05) is 37.3 Å². The number of nitrogens with zero attached hydrogens (tertiary/aromatic N) is 4. The zero-order valence-corrected chi connectivity index (χ0v) is 12.2. The maximum atomic E-state index is 12.0. The van der Waals surface area contributed by atoms with E-state index < -0.39 is 0 Å². The molecule has 6 heteroatoms. The molecule has 1 fully saturated rings. The minimum atomic E-state index is -0.270. The van der Waals surface area contributed by atoms with E-state index >= 15 is 0 Å². The lowest BCUT2D eigenvalue weighted by Crippen LogP contribution is -2.40. The van der Waals surface area contributed by atoms with E-state index in [1.165, 1.54) is 0 Å². The second-order valence-corrected chi connectivity index (χ2v) is 5.31. The largest absolute Gasteiger partial charge is 0.445 e. The molecule has 1 aromatic rings. The molecular formula is C15H20N4O2. The van der Waals surface area contributed by atoms with Crippen molar-refractivity contribution in [2.24, 2.45) is 11.0 Å². The molecule has 0 saturated carbocycles. The predicted molar refractivity (Wildman–Crippen MR) is 79.5 cm³/mol. The molecule has 1 atom stereocenters. The van der Waals surface area contributed by atoms with Gasteiger partial charge in [-0.3, -0.25) is 0 Å². The van der Waals surface area contributed by atoms with Gasteiger partial charge in [-0.1, -0.05) is 42.4 Å². The van der Waals surface area contributed by atoms with Crippen molar-refractivity contribution in [2.45, 2.75) is 32.4 Å². The molecule has 0 bridgehead atoms. The zero-order chi connectivity index (χ0) is 15.1. The summed E-state index contributed by atoms with van der Waals surface area (Å²) in [5.41, 5.74) is 9.44. The van der Waals surface area contributed by atoms with E-state index in [9.17, 15) is 4.79 Å². The second-order valence-electron chi connectivity index (χ2n) is 5.31. The number of piperidine rings is 1. The Balaban J connectivity index is 1.76. The van der Waals surface area contributed by atoms with Crippen LogP contribution in [-0.2, 0) is 11.3 Å². The van der Waals surface area contributed by atoms with Crippen LogP contribution in [0.3, 0.4) is 0 Å². The van der Waals surface area contributed by atoms with E-state index in [0.717, 1.165) is 18.4 Å². The molecule has 1 saturated heterocycles. The van der Waals surface area contributed by atoms with Crippen LogP contribution < -0.4 is 0 Å². The van der Waals surface area contributed by atoms with Crippen molar-refractivity contribution in [3.63, 3.8) is 0 Å². The van der Waals surface area contributed by atoms with Crippen molar-refractivity contribution in [1.82, 2.24) is 4.90 Å². The summed E-state index contributed by atoms with van der Waals surface area (Å²) in [6.45, 7) is 3.54. The molecule has 0 N–H and O–H groups in total. The average molecular weight is 288 g/mol. The van der Waals surface area contributed by atoms with E-state index in [2.05, 4.69) is 10.0 Å². The Hall–Kier alpha value is -2.20. The van der Waals surface area contributed by atoms with Crippen LogP contribution in [-0.4, -0.2) is 30.1 Å². The number of carbonyl (C=O) groups excluding carboxylic acids is 1. The zero-order valence-electron chi connectivity index (χ0n) is 12.2. The molecule has 0 unspecified atom stereocenters. The highest BCUT2D eigenvalue weighted by Gasteiger charge is 2.26. The first-order valence-corrected chi connectivity index (χ1v) is 7.20. The Morgan fingerprint density at radius 3 is 2.71 bits per heavy atom. The highest BCUT2D eigenvalue weighted by Crippen LogP contribution is 2.23. The fourth-order valence-corrected chi connectivity index (χ4v) is 2.55. The highest BCUT2D eigenvalue weighted by molar-refractivity contribution is 5.67. The number of amides is 1. The molecule has 1 aliphatic heterocycles.